The van der Waals surface area contributed by atoms with Crippen LogP contribution in [0.4, 0.5) is 0 Å². The fourth-order valence-corrected chi connectivity index (χ4v) is 1.96. The zero-order valence-electron chi connectivity index (χ0n) is 10.3. The summed E-state index contributed by atoms with van der Waals surface area (Å²) in [6.07, 6.45) is 2.50. The molecule has 0 saturated carbocycles. The van der Waals surface area contributed by atoms with Gasteiger partial charge in [-0.15, -0.1) is 0 Å². The quantitative estimate of drug-likeness (QED) is 0.806. The number of ketones is 2. The van der Waals surface area contributed by atoms with Crippen LogP contribution in [0.1, 0.15) is 19.4 Å². The van der Waals surface area contributed by atoms with Crippen LogP contribution >= 0.6 is 0 Å². The molecule has 0 aliphatic heterocycles. The summed E-state index contributed by atoms with van der Waals surface area (Å²) in [6.45, 7) is 3.11. The van der Waals surface area contributed by atoms with E-state index in [0.29, 0.717) is 11.1 Å². The second-order valence-corrected chi connectivity index (χ2v) is 4.55. The molecule has 1 aromatic carbocycles. The Hall–Kier alpha value is -2.00. The van der Waals surface area contributed by atoms with Gasteiger partial charge in [0.05, 0.1) is 0 Å². The molecule has 1 aliphatic rings. The van der Waals surface area contributed by atoms with E-state index in [4.69, 9.17) is 0 Å². The first-order valence-electron chi connectivity index (χ1n) is 5.70. The molecule has 0 fully saturated rings. The van der Waals surface area contributed by atoms with E-state index in [0.717, 1.165) is 0 Å². The predicted octanol–water partition coefficient (Wildman–Crippen LogP) is 1.92. The summed E-state index contributed by atoms with van der Waals surface area (Å²) in [5, 5.41) is 10.5. The van der Waals surface area contributed by atoms with Crippen molar-refractivity contribution >= 4 is 11.6 Å². The predicted molar refractivity (Wildman–Crippen MR) is 67.9 cm³/mol. The van der Waals surface area contributed by atoms with Crippen molar-refractivity contribution in [2.24, 2.45) is 0 Å². The molecular formula is C15H14O3. The standard InChI is InChI=1S/C15H14O3/c1-10-8-14(17)12(9-13(10)16)15(2,18)11-6-4-3-5-7-11/h3-9,18H,1-2H3. The van der Waals surface area contributed by atoms with Crippen LogP contribution in [-0.2, 0) is 15.2 Å². The van der Waals surface area contributed by atoms with E-state index in [2.05, 4.69) is 0 Å². The zero-order valence-corrected chi connectivity index (χ0v) is 10.3. The maximum Gasteiger partial charge on any atom is 0.185 e. The van der Waals surface area contributed by atoms with E-state index in [-0.39, 0.29) is 17.1 Å². The zero-order chi connectivity index (χ0) is 13.3. The summed E-state index contributed by atoms with van der Waals surface area (Å²) in [7, 11) is 0. The van der Waals surface area contributed by atoms with Crippen molar-refractivity contribution in [1.29, 1.82) is 0 Å². The fraction of sp³-hybridized carbons (Fsp3) is 0.200. The van der Waals surface area contributed by atoms with Gasteiger partial charge in [-0.05, 0) is 31.6 Å². The lowest BCUT2D eigenvalue weighted by Gasteiger charge is -2.27. The third-order valence-corrected chi connectivity index (χ3v) is 3.14. The highest BCUT2D eigenvalue weighted by molar-refractivity contribution is 6.20. The lowest BCUT2D eigenvalue weighted by atomic mass is 9.82. The molecule has 0 bridgehead atoms. The Morgan fingerprint density at radius 1 is 1.00 bits per heavy atom. The van der Waals surface area contributed by atoms with Crippen molar-refractivity contribution in [1.82, 2.24) is 0 Å². The summed E-state index contributed by atoms with van der Waals surface area (Å²) in [6, 6.07) is 8.83. The van der Waals surface area contributed by atoms with Crippen molar-refractivity contribution in [3.8, 4) is 0 Å². The molecule has 0 spiro atoms. The molecule has 2 rings (SSSR count). The third kappa shape index (κ3) is 2.05. The molecule has 1 N–H and O–H groups in total. The number of hydrogen-bond donors (Lipinski definition) is 1. The average molecular weight is 242 g/mol. The van der Waals surface area contributed by atoms with Crippen molar-refractivity contribution < 1.29 is 14.7 Å². The van der Waals surface area contributed by atoms with Crippen LogP contribution < -0.4 is 0 Å². The highest BCUT2D eigenvalue weighted by atomic mass is 16.3. The van der Waals surface area contributed by atoms with Gasteiger partial charge < -0.3 is 5.11 Å². The largest absolute Gasteiger partial charge is 0.381 e. The molecule has 3 heteroatoms. The van der Waals surface area contributed by atoms with Gasteiger partial charge in [-0.2, -0.15) is 0 Å². The van der Waals surface area contributed by atoms with Crippen molar-refractivity contribution in [3.63, 3.8) is 0 Å². The SMILES string of the molecule is CC1=CC(=O)C(C(C)(O)c2ccccc2)=CC1=O. The maximum absolute atomic E-state index is 11.9. The summed E-state index contributed by atoms with van der Waals surface area (Å²) >= 11 is 0. The van der Waals surface area contributed by atoms with Gasteiger partial charge in [0.15, 0.2) is 11.6 Å². The first-order chi connectivity index (χ1) is 8.43. The van der Waals surface area contributed by atoms with Gasteiger partial charge in [-0.3, -0.25) is 9.59 Å². The Labute approximate surface area is 105 Å². The molecule has 92 valence electrons. The molecule has 0 aromatic heterocycles. The number of benzene rings is 1. The highest BCUT2D eigenvalue weighted by Gasteiger charge is 2.34. The number of rotatable bonds is 2. The number of aliphatic hydroxyl groups is 1. The van der Waals surface area contributed by atoms with E-state index < -0.39 is 5.60 Å². The average Bonchev–Trinajstić information content (AvgIpc) is 2.34. The Morgan fingerprint density at radius 2 is 1.61 bits per heavy atom. The number of carbonyl (C=O) groups is 2. The van der Waals surface area contributed by atoms with E-state index >= 15 is 0 Å². The van der Waals surface area contributed by atoms with E-state index in [1.165, 1.54) is 19.1 Å². The molecule has 18 heavy (non-hydrogen) atoms. The van der Waals surface area contributed by atoms with Gasteiger partial charge in [0.1, 0.15) is 5.60 Å². The van der Waals surface area contributed by atoms with Crippen molar-refractivity contribution in [2.75, 3.05) is 0 Å². The molecule has 1 atom stereocenters. The molecule has 0 heterocycles. The third-order valence-electron chi connectivity index (χ3n) is 3.14. The second kappa shape index (κ2) is 4.35. The topological polar surface area (TPSA) is 54.4 Å². The molecule has 1 aliphatic carbocycles. The first kappa shape index (κ1) is 12.5. The normalized spacial score (nSPS) is 19.1. The van der Waals surface area contributed by atoms with Crippen molar-refractivity contribution in [2.45, 2.75) is 19.4 Å². The summed E-state index contributed by atoms with van der Waals surface area (Å²) in [4.78, 5) is 23.5. The minimum Gasteiger partial charge on any atom is -0.381 e. The molecule has 0 saturated heterocycles. The van der Waals surface area contributed by atoms with E-state index in [9.17, 15) is 14.7 Å². The molecule has 1 unspecified atom stereocenters. The fourth-order valence-electron chi connectivity index (χ4n) is 1.96. The Balaban J connectivity index is 2.46. The maximum atomic E-state index is 11.9. The minimum atomic E-state index is -1.45. The first-order valence-corrected chi connectivity index (χ1v) is 5.70. The summed E-state index contributed by atoms with van der Waals surface area (Å²) in [5.41, 5.74) is -0.354. The monoisotopic (exact) mass is 242 g/mol. The molecule has 0 amide bonds. The lowest BCUT2D eigenvalue weighted by molar-refractivity contribution is -0.116. The number of carbonyl (C=O) groups excluding carboxylic acids is 2. The number of allylic oxidation sites excluding steroid dienone is 3. The van der Waals surface area contributed by atoms with Gasteiger partial charge in [-0.1, -0.05) is 30.3 Å². The summed E-state index contributed by atoms with van der Waals surface area (Å²) < 4.78 is 0. The minimum absolute atomic E-state index is 0.115. The Bertz CT molecular complexity index is 563. The Morgan fingerprint density at radius 3 is 2.22 bits per heavy atom. The molecule has 1 aromatic rings. The van der Waals surface area contributed by atoms with E-state index in [1.807, 2.05) is 6.07 Å². The smallest absolute Gasteiger partial charge is 0.185 e. The van der Waals surface area contributed by atoms with Gasteiger partial charge >= 0.3 is 0 Å². The van der Waals surface area contributed by atoms with Gasteiger partial charge in [0.25, 0.3) is 0 Å². The van der Waals surface area contributed by atoms with Crippen LogP contribution in [0.2, 0.25) is 0 Å². The van der Waals surface area contributed by atoms with Crippen LogP contribution in [0.15, 0.2) is 53.6 Å². The van der Waals surface area contributed by atoms with Gasteiger partial charge in [0, 0.05) is 11.1 Å². The molecular weight excluding hydrogens is 228 g/mol. The van der Waals surface area contributed by atoms with Crippen LogP contribution in [0.25, 0.3) is 0 Å². The summed E-state index contributed by atoms with van der Waals surface area (Å²) in [5.74, 6) is -0.554. The highest BCUT2D eigenvalue weighted by Crippen LogP contribution is 2.31. The van der Waals surface area contributed by atoms with Crippen LogP contribution in [0.5, 0.6) is 0 Å². The molecule has 0 radical (unpaired) electrons. The van der Waals surface area contributed by atoms with Crippen LogP contribution in [0.3, 0.4) is 0 Å². The van der Waals surface area contributed by atoms with Crippen LogP contribution in [0, 0.1) is 0 Å². The lowest BCUT2D eigenvalue weighted by Crippen LogP contribution is -2.31. The van der Waals surface area contributed by atoms with Crippen molar-refractivity contribution in [3.05, 3.63) is 59.2 Å². The van der Waals surface area contributed by atoms with E-state index in [1.54, 1.807) is 31.2 Å². The second-order valence-electron chi connectivity index (χ2n) is 4.55. The Kier molecular flexibility index (Phi) is 3.01. The van der Waals surface area contributed by atoms with Gasteiger partial charge in [-0.25, -0.2) is 0 Å². The molecule has 3 nitrogen and oxygen atoms in total. The van der Waals surface area contributed by atoms with Gasteiger partial charge in [0.2, 0.25) is 0 Å². The number of hydrogen-bond acceptors (Lipinski definition) is 3. The van der Waals surface area contributed by atoms with Crippen LogP contribution in [-0.4, -0.2) is 16.7 Å².